The van der Waals surface area contributed by atoms with Gasteiger partial charge in [0, 0.05) is 19.7 Å². The zero-order valence-electron chi connectivity index (χ0n) is 11.7. The summed E-state index contributed by atoms with van der Waals surface area (Å²) < 4.78 is 0. The van der Waals surface area contributed by atoms with Crippen LogP contribution in [0.15, 0.2) is 41.5 Å². The van der Waals surface area contributed by atoms with Crippen LogP contribution in [0.25, 0.3) is 11.1 Å². The smallest absolute Gasteiger partial charge is 0.0599 e. The molecule has 0 fully saturated rings. The first-order chi connectivity index (χ1) is 9.47. The molecule has 0 atom stereocenters. The van der Waals surface area contributed by atoms with Crippen LogP contribution in [-0.4, -0.2) is 25.3 Å². The third-order valence-corrected chi connectivity index (χ3v) is 3.60. The highest BCUT2D eigenvalue weighted by molar-refractivity contribution is 6.42. The van der Waals surface area contributed by atoms with Crippen molar-refractivity contribution in [2.24, 2.45) is 5.10 Å². The Morgan fingerprint density at radius 2 is 1.60 bits per heavy atom. The Labute approximate surface area is 129 Å². The van der Waals surface area contributed by atoms with E-state index in [2.05, 4.69) is 36.3 Å². The van der Waals surface area contributed by atoms with Gasteiger partial charge in [0.05, 0.1) is 16.3 Å². The molecule has 0 aliphatic heterocycles. The van der Waals surface area contributed by atoms with E-state index in [1.54, 1.807) is 11.2 Å². The van der Waals surface area contributed by atoms with E-state index in [0.29, 0.717) is 10.0 Å². The Hall–Kier alpha value is -1.51. The van der Waals surface area contributed by atoms with Gasteiger partial charge in [0.25, 0.3) is 0 Å². The van der Waals surface area contributed by atoms with Gasteiger partial charge in [-0.05, 0) is 30.2 Å². The number of hydrogen-bond acceptors (Lipinski definition) is 2. The summed E-state index contributed by atoms with van der Waals surface area (Å²) >= 11 is 12.2. The first kappa shape index (κ1) is 14.9. The number of rotatable bonds is 3. The van der Waals surface area contributed by atoms with Crippen LogP contribution >= 0.6 is 23.2 Å². The summed E-state index contributed by atoms with van der Waals surface area (Å²) in [4.78, 5) is 0. The normalized spacial score (nSPS) is 11.1. The molecule has 2 rings (SSSR count). The molecule has 0 spiro atoms. The molecule has 2 nitrogen and oxygen atoms in total. The van der Waals surface area contributed by atoms with Crippen LogP contribution in [-0.2, 0) is 0 Å². The molecular weight excluding hydrogens is 291 g/mol. The second-order valence-electron chi connectivity index (χ2n) is 4.81. The molecule has 0 bridgehead atoms. The molecule has 0 aliphatic carbocycles. The van der Waals surface area contributed by atoms with E-state index >= 15 is 0 Å². The molecule has 0 aliphatic rings. The van der Waals surface area contributed by atoms with Gasteiger partial charge in [0.1, 0.15) is 0 Å². The van der Waals surface area contributed by atoms with Gasteiger partial charge in [-0.3, -0.25) is 0 Å². The van der Waals surface area contributed by atoms with Crippen molar-refractivity contribution in [2.75, 3.05) is 14.1 Å². The summed E-state index contributed by atoms with van der Waals surface area (Å²) in [5.41, 5.74) is 4.27. The van der Waals surface area contributed by atoms with Crippen molar-refractivity contribution in [3.8, 4) is 11.1 Å². The van der Waals surface area contributed by atoms with Crippen LogP contribution < -0.4 is 0 Å². The quantitative estimate of drug-likeness (QED) is 0.584. The van der Waals surface area contributed by atoms with Crippen LogP contribution in [0.1, 0.15) is 11.1 Å². The summed E-state index contributed by atoms with van der Waals surface area (Å²) in [6.45, 7) is 2.06. The molecule has 4 heteroatoms. The predicted octanol–water partition coefficient (Wildman–Crippen LogP) is 4.86. The molecule has 0 saturated heterocycles. The molecule has 0 radical (unpaired) electrons. The lowest BCUT2D eigenvalue weighted by atomic mass is 9.99. The van der Waals surface area contributed by atoms with Crippen molar-refractivity contribution < 1.29 is 0 Å². The van der Waals surface area contributed by atoms with E-state index in [4.69, 9.17) is 23.2 Å². The Balaban J connectivity index is 2.55. The number of nitrogens with zero attached hydrogens (tertiary/aromatic N) is 2. The number of hydrazone groups is 1. The lowest BCUT2D eigenvalue weighted by Gasteiger charge is -2.10. The Bertz CT molecular complexity index is 632. The van der Waals surface area contributed by atoms with Crippen molar-refractivity contribution in [1.82, 2.24) is 5.01 Å². The van der Waals surface area contributed by atoms with Gasteiger partial charge in [-0.25, -0.2) is 0 Å². The van der Waals surface area contributed by atoms with Gasteiger partial charge in [-0.15, -0.1) is 0 Å². The topological polar surface area (TPSA) is 15.6 Å². The summed E-state index contributed by atoms with van der Waals surface area (Å²) in [5, 5.41) is 7.09. The average Bonchev–Trinajstić information content (AvgIpc) is 2.40. The third-order valence-electron chi connectivity index (χ3n) is 2.88. The maximum Gasteiger partial charge on any atom is 0.0599 e. The zero-order chi connectivity index (χ0) is 14.7. The standard InChI is InChI=1S/C16H16Cl2N2/c1-11-4-6-12(7-5-11)14-9-16(18)15(17)8-13(14)10-19-20(2)3/h4-10H,1-3H3/b19-10+. The highest BCUT2D eigenvalue weighted by Crippen LogP contribution is 2.31. The molecule has 0 heterocycles. The summed E-state index contributed by atoms with van der Waals surface area (Å²) in [6.07, 6.45) is 1.79. The fourth-order valence-electron chi connectivity index (χ4n) is 1.83. The largest absolute Gasteiger partial charge is 0.303 e. The van der Waals surface area contributed by atoms with E-state index < -0.39 is 0 Å². The predicted molar refractivity (Wildman–Crippen MR) is 87.9 cm³/mol. The van der Waals surface area contributed by atoms with E-state index in [1.165, 1.54) is 5.56 Å². The average molecular weight is 307 g/mol. The number of halogens is 2. The SMILES string of the molecule is Cc1ccc(-c2cc(Cl)c(Cl)cc2/C=N/N(C)C)cc1. The lowest BCUT2D eigenvalue weighted by molar-refractivity contribution is 0.440. The third kappa shape index (κ3) is 3.53. The first-order valence-corrected chi connectivity index (χ1v) is 7.00. The van der Waals surface area contributed by atoms with E-state index in [-0.39, 0.29) is 0 Å². The molecule has 2 aromatic carbocycles. The second-order valence-corrected chi connectivity index (χ2v) is 5.63. The molecule has 20 heavy (non-hydrogen) atoms. The second kappa shape index (κ2) is 6.29. The Morgan fingerprint density at radius 1 is 1.00 bits per heavy atom. The molecule has 0 saturated carbocycles. The molecule has 0 N–H and O–H groups in total. The van der Waals surface area contributed by atoms with Crippen molar-refractivity contribution in [2.45, 2.75) is 6.92 Å². The van der Waals surface area contributed by atoms with Gasteiger partial charge < -0.3 is 5.01 Å². The minimum Gasteiger partial charge on any atom is -0.303 e. The summed E-state index contributed by atoms with van der Waals surface area (Å²) in [5.74, 6) is 0. The monoisotopic (exact) mass is 306 g/mol. The minimum atomic E-state index is 0.530. The molecule has 0 aromatic heterocycles. The number of aryl methyl sites for hydroxylation is 1. The zero-order valence-corrected chi connectivity index (χ0v) is 13.2. The van der Waals surface area contributed by atoms with E-state index in [1.807, 2.05) is 26.2 Å². The molecule has 2 aromatic rings. The fourth-order valence-corrected chi connectivity index (χ4v) is 2.17. The van der Waals surface area contributed by atoms with Gasteiger partial charge in [0.2, 0.25) is 0 Å². The van der Waals surface area contributed by atoms with Crippen molar-refractivity contribution >= 4 is 29.4 Å². The van der Waals surface area contributed by atoms with E-state index in [0.717, 1.165) is 16.7 Å². The number of benzene rings is 2. The van der Waals surface area contributed by atoms with Crippen LogP contribution in [0.3, 0.4) is 0 Å². The first-order valence-electron chi connectivity index (χ1n) is 6.25. The maximum atomic E-state index is 6.14. The van der Waals surface area contributed by atoms with Crippen LogP contribution in [0, 0.1) is 6.92 Å². The molecule has 0 unspecified atom stereocenters. The van der Waals surface area contributed by atoms with Gasteiger partial charge >= 0.3 is 0 Å². The van der Waals surface area contributed by atoms with Crippen LogP contribution in [0.5, 0.6) is 0 Å². The number of hydrogen-bond donors (Lipinski definition) is 0. The molecular formula is C16H16Cl2N2. The van der Waals surface area contributed by atoms with Crippen molar-refractivity contribution in [1.29, 1.82) is 0 Å². The Kier molecular flexibility index (Phi) is 4.69. The van der Waals surface area contributed by atoms with Gasteiger partial charge in [-0.2, -0.15) is 5.10 Å². The van der Waals surface area contributed by atoms with Crippen LogP contribution in [0.4, 0.5) is 0 Å². The maximum absolute atomic E-state index is 6.14. The minimum absolute atomic E-state index is 0.530. The molecule has 104 valence electrons. The fraction of sp³-hybridized carbons (Fsp3) is 0.188. The van der Waals surface area contributed by atoms with Crippen molar-refractivity contribution in [3.05, 3.63) is 57.6 Å². The summed E-state index contributed by atoms with van der Waals surface area (Å²) in [7, 11) is 3.75. The summed E-state index contributed by atoms with van der Waals surface area (Å²) in [6, 6.07) is 12.0. The highest BCUT2D eigenvalue weighted by Gasteiger charge is 2.08. The van der Waals surface area contributed by atoms with Crippen LogP contribution in [0.2, 0.25) is 10.0 Å². The van der Waals surface area contributed by atoms with Crippen molar-refractivity contribution in [3.63, 3.8) is 0 Å². The van der Waals surface area contributed by atoms with Gasteiger partial charge in [-0.1, -0.05) is 53.0 Å². The Morgan fingerprint density at radius 3 is 2.20 bits per heavy atom. The van der Waals surface area contributed by atoms with E-state index in [9.17, 15) is 0 Å². The highest BCUT2D eigenvalue weighted by atomic mass is 35.5. The lowest BCUT2D eigenvalue weighted by Crippen LogP contribution is -2.02. The van der Waals surface area contributed by atoms with Gasteiger partial charge in [0.15, 0.2) is 0 Å². The molecule has 0 amide bonds.